The zero-order valence-electron chi connectivity index (χ0n) is 10.6. The molecule has 106 valence electrons. The van der Waals surface area contributed by atoms with Gasteiger partial charge in [-0.1, -0.05) is 46.8 Å². The van der Waals surface area contributed by atoms with Crippen LogP contribution in [0.4, 0.5) is 5.13 Å². The second kappa shape index (κ2) is 6.92. The fourth-order valence-corrected chi connectivity index (χ4v) is 3.59. The Kier molecular flexibility index (Phi) is 5.22. The maximum atomic E-state index is 11.9. The van der Waals surface area contributed by atoms with E-state index >= 15 is 0 Å². The van der Waals surface area contributed by atoms with E-state index in [0.29, 0.717) is 20.9 Å². The number of rotatable bonds is 5. The number of esters is 1. The first-order valence-corrected chi connectivity index (χ1v) is 7.74. The van der Waals surface area contributed by atoms with Gasteiger partial charge < -0.3 is 10.5 Å². The molecule has 1 aromatic heterocycles. The van der Waals surface area contributed by atoms with Crippen LogP contribution in [-0.4, -0.2) is 28.5 Å². The van der Waals surface area contributed by atoms with Crippen molar-refractivity contribution in [2.24, 2.45) is 0 Å². The van der Waals surface area contributed by atoms with Crippen molar-refractivity contribution in [1.82, 2.24) is 10.2 Å². The lowest BCUT2D eigenvalue weighted by Crippen LogP contribution is -2.21. The summed E-state index contributed by atoms with van der Waals surface area (Å²) in [4.78, 5) is 11.9. The molecule has 1 heterocycles. The van der Waals surface area contributed by atoms with Crippen molar-refractivity contribution in [2.75, 3.05) is 12.8 Å². The molecule has 1 atom stereocenters. The van der Waals surface area contributed by atoms with E-state index in [1.165, 1.54) is 30.2 Å². The Morgan fingerprint density at radius 3 is 2.70 bits per heavy atom. The van der Waals surface area contributed by atoms with Crippen LogP contribution in [0.15, 0.2) is 28.6 Å². The van der Waals surface area contributed by atoms with Gasteiger partial charge in [0.15, 0.2) is 4.34 Å². The van der Waals surface area contributed by atoms with Crippen LogP contribution >= 0.6 is 34.7 Å². The van der Waals surface area contributed by atoms with Gasteiger partial charge in [-0.05, 0) is 24.1 Å². The highest BCUT2D eigenvalue weighted by Gasteiger charge is 2.23. The minimum Gasteiger partial charge on any atom is -0.468 e. The van der Waals surface area contributed by atoms with Crippen LogP contribution in [0.5, 0.6) is 0 Å². The zero-order valence-corrected chi connectivity index (χ0v) is 13.0. The minimum atomic E-state index is -0.395. The number of aromatic nitrogens is 2. The number of hydrogen-bond donors (Lipinski definition) is 1. The van der Waals surface area contributed by atoms with Gasteiger partial charge in [0.2, 0.25) is 5.13 Å². The van der Waals surface area contributed by atoms with E-state index in [0.717, 1.165) is 5.56 Å². The minimum absolute atomic E-state index is 0.307. The number of thioether (sulfide) groups is 1. The highest BCUT2D eigenvalue weighted by atomic mass is 35.5. The lowest BCUT2D eigenvalue weighted by atomic mass is 10.1. The number of nitrogen functional groups attached to an aromatic ring is 1. The summed E-state index contributed by atoms with van der Waals surface area (Å²) in [7, 11) is 1.37. The highest BCUT2D eigenvalue weighted by molar-refractivity contribution is 8.02. The van der Waals surface area contributed by atoms with Gasteiger partial charge in [0.05, 0.1) is 7.11 Å². The largest absolute Gasteiger partial charge is 0.468 e. The summed E-state index contributed by atoms with van der Waals surface area (Å²) in [5.41, 5.74) is 6.53. The molecule has 0 aliphatic heterocycles. The second-order valence-electron chi connectivity index (χ2n) is 3.87. The molecule has 8 heteroatoms. The molecule has 0 bridgehead atoms. The van der Waals surface area contributed by atoms with E-state index in [9.17, 15) is 4.79 Å². The summed E-state index contributed by atoms with van der Waals surface area (Å²) in [5, 5.41) is 8.28. The van der Waals surface area contributed by atoms with Gasteiger partial charge in [-0.15, -0.1) is 10.2 Å². The quantitative estimate of drug-likeness (QED) is 0.671. The number of methoxy groups -OCH3 is 1. The second-order valence-corrected chi connectivity index (χ2v) is 6.76. The van der Waals surface area contributed by atoms with Gasteiger partial charge in [0, 0.05) is 5.02 Å². The number of nitrogens with zero attached hydrogens (tertiary/aromatic N) is 2. The molecule has 2 N–H and O–H groups in total. The molecule has 1 unspecified atom stereocenters. The van der Waals surface area contributed by atoms with Crippen molar-refractivity contribution in [3.05, 3.63) is 34.9 Å². The molecule has 5 nitrogen and oxygen atoms in total. The lowest BCUT2D eigenvalue weighted by molar-refractivity contribution is -0.139. The van der Waals surface area contributed by atoms with Crippen molar-refractivity contribution in [3.8, 4) is 0 Å². The van der Waals surface area contributed by atoms with Crippen molar-refractivity contribution >= 4 is 45.8 Å². The van der Waals surface area contributed by atoms with Crippen LogP contribution in [0.1, 0.15) is 5.56 Å². The number of nitrogens with two attached hydrogens (primary N) is 1. The SMILES string of the molecule is COC(=O)C(Cc1ccc(Cl)cc1)Sc1nnc(N)s1. The Morgan fingerprint density at radius 1 is 1.45 bits per heavy atom. The molecule has 0 saturated carbocycles. The molecule has 0 fully saturated rings. The first kappa shape index (κ1) is 15.1. The maximum absolute atomic E-state index is 11.9. The van der Waals surface area contributed by atoms with Crippen LogP contribution in [0.3, 0.4) is 0 Å². The third-order valence-corrected chi connectivity index (χ3v) is 4.73. The molecule has 20 heavy (non-hydrogen) atoms. The van der Waals surface area contributed by atoms with Crippen molar-refractivity contribution in [3.63, 3.8) is 0 Å². The number of carbonyl (C=O) groups excluding carboxylic acids is 1. The third kappa shape index (κ3) is 4.09. The summed E-state index contributed by atoms with van der Waals surface area (Å²) < 4.78 is 5.47. The molecule has 0 saturated heterocycles. The standard InChI is InChI=1S/C12H12ClN3O2S2/c1-18-10(17)9(19-12-16-15-11(14)20-12)6-7-2-4-8(13)5-3-7/h2-5,9H,6H2,1H3,(H2,14,15). The van der Waals surface area contributed by atoms with E-state index in [4.69, 9.17) is 22.1 Å². The van der Waals surface area contributed by atoms with E-state index in [2.05, 4.69) is 10.2 Å². The normalized spacial score (nSPS) is 12.1. The van der Waals surface area contributed by atoms with E-state index < -0.39 is 5.25 Å². The van der Waals surface area contributed by atoms with Gasteiger partial charge in [0.25, 0.3) is 0 Å². The molecule has 0 radical (unpaired) electrons. The monoisotopic (exact) mass is 329 g/mol. The fourth-order valence-electron chi connectivity index (χ4n) is 1.53. The lowest BCUT2D eigenvalue weighted by Gasteiger charge is -2.12. The van der Waals surface area contributed by atoms with Crippen LogP contribution in [0, 0.1) is 0 Å². The van der Waals surface area contributed by atoms with E-state index in [1.807, 2.05) is 12.1 Å². The van der Waals surface area contributed by atoms with Crippen molar-refractivity contribution < 1.29 is 9.53 Å². The van der Waals surface area contributed by atoms with Crippen LogP contribution in [0.25, 0.3) is 0 Å². The van der Waals surface area contributed by atoms with Crippen molar-refractivity contribution in [2.45, 2.75) is 16.0 Å². The molecule has 0 aliphatic rings. The number of anilines is 1. The average Bonchev–Trinajstić information content (AvgIpc) is 2.85. The summed E-state index contributed by atoms with van der Waals surface area (Å²) in [6, 6.07) is 7.35. The first-order valence-electron chi connectivity index (χ1n) is 5.66. The van der Waals surface area contributed by atoms with Crippen LogP contribution in [0.2, 0.25) is 5.02 Å². The number of benzene rings is 1. The number of ether oxygens (including phenoxy) is 1. The van der Waals surface area contributed by atoms with Gasteiger partial charge in [0.1, 0.15) is 5.25 Å². The number of halogens is 1. The third-order valence-electron chi connectivity index (χ3n) is 2.46. The predicted molar refractivity (Wildman–Crippen MR) is 81.1 cm³/mol. The molecular weight excluding hydrogens is 318 g/mol. The van der Waals surface area contributed by atoms with E-state index in [-0.39, 0.29) is 5.97 Å². The molecule has 0 aliphatic carbocycles. The Hall–Kier alpha value is -1.31. The van der Waals surface area contributed by atoms with Crippen LogP contribution in [-0.2, 0) is 16.0 Å². The number of hydrogen-bond acceptors (Lipinski definition) is 7. The van der Waals surface area contributed by atoms with Crippen molar-refractivity contribution in [1.29, 1.82) is 0 Å². The smallest absolute Gasteiger partial charge is 0.319 e. The molecule has 0 spiro atoms. The maximum Gasteiger partial charge on any atom is 0.319 e. The van der Waals surface area contributed by atoms with Crippen LogP contribution < -0.4 is 5.73 Å². The van der Waals surface area contributed by atoms with E-state index in [1.54, 1.807) is 12.1 Å². The molecule has 1 aromatic carbocycles. The molecule has 0 amide bonds. The fraction of sp³-hybridized carbons (Fsp3) is 0.250. The zero-order chi connectivity index (χ0) is 14.5. The Bertz CT molecular complexity index is 589. The Morgan fingerprint density at radius 2 is 2.15 bits per heavy atom. The predicted octanol–water partition coefficient (Wildman–Crippen LogP) is 2.65. The summed E-state index contributed by atoms with van der Waals surface area (Å²) >= 11 is 8.39. The Balaban J connectivity index is 2.11. The summed E-state index contributed by atoms with van der Waals surface area (Å²) in [6.45, 7) is 0. The summed E-state index contributed by atoms with van der Waals surface area (Å²) in [6.07, 6.45) is 0.522. The number of carbonyl (C=O) groups is 1. The average molecular weight is 330 g/mol. The molecular formula is C12H12ClN3O2S2. The highest BCUT2D eigenvalue weighted by Crippen LogP contribution is 2.30. The van der Waals surface area contributed by atoms with Gasteiger partial charge in [-0.2, -0.15) is 0 Å². The first-order chi connectivity index (χ1) is 9.58. The Labute approximate surface area is 129 Å². The van der Waals surface area contributed by atoms with Gasteiger partial charge >= 0.3 is 5.97 Å². The molecule has 2 aromatic rings. The topological polar surface area (TPSA) is 78.1 Å². The van der Waals surface area contributed by atoms with Gasteiger partial charge in [-0.3, -0.25) is 4.79 Å². The molecule has 2 rings (SSSR count). The van der Waals surface area contributed by atoms with Gasteiger partial charge in [-0.25, -0.2) is 0 Å². The summed E-state index contributed by atoms with van der Waals surface area (Å²) in [5.74, 6) is -0.307.